The van der Waals surface area contributed by atoms with Crippen LogP contribution in [0, 0.1) is 12.8 Å². The molecule has 0 bridgehead atoms. The average molecular weight is 338 g/mol. The fourth-order valence-electron chi connectivity index (χ4n) is 2.39. The van der Waals surface area contributed by atoms with Gasteiger partial charge in [-0.15, -0.1) is 23.7 Å². The molecule has 1 aromatic carbocycles. The second kappa shape index (κ2) is 7.22. The third-order valence-corrected chi connectivity index (χ3v) is 5.15. The van der Waals surface area contributed by atoms with Gasteiger partial charge in [-0.1, -0.05) is 30.3 Å². The van der Waals surface area contributed by atoms with Crippen LogP contribution >= 0.6 is 23.7 Å². The van der Waals surface area contributed by atoms with Gasteiger partial charge in [0, 0.05) is 18.7 Å². The van der Waals surface area contributed by atoms with Gasteiger partial charge < -0.3 is 10.6 Å². The van der Waals surface area contributed by atoms with Gasteiger partial charge in [-0.2, -0.15) is 0 Å². The number of aryl methyl sites for hydroxylation is 1. The standard InChI is InChI=1S/C16H19N3OS.ClH/c1-10(18-15(20)13-8-17-9-13)14-11(2)19-16(21-14)12-6-4-3-5-7-12;/h3-7,10,13,17H,8-9H2,1-2H3,(H,18,20);1H. The lowest BCUT2D eigenvalue weighted by Gasteiger charge is -2.27. The minimum Gasteiger partial charge on any atom is -0.348 e. The van der Waals surface area contributed by atoms with E-state index in [2.05, 4.69) is 27.8 Å². The van der Waals surface area contributed by atoms with E-state index in [1.807, 2.05) is 32.0 Å². The van der Waals surface area contributed by atoms with Gasteiger partial charge in [0.2, 0.25) is 5.91 Å². The van der Waals surface area contributed by atoms with Crippen molar-refractivity contribution < 1.29 is 4.79 Å². The first-order chi connectivity index (χ1) is 10.1. The van der Waals surface area contributed by atoms with Gasteiger partial charge in [-0.05, 0) is 13.8 Å². The van der Waals surface area contributed by atoms with Crippen molar-refractivity contribution in [2.45, 2.75) is 19.9 Å². The van der Waals surface area contributed by atoms with Crippen molar-refractivity contribution in [2.75, 3.05) is 13.1 Å². The van der Waals surface area contributed by atoms with E-state index in [4.69, 9.17) is 0 Å². The topological polar surface area (TPSA) is 54.0 Å². The van der Waals surface area contributed by atoms with E-state index in [1.165, 1.54) is 0 Å². The fraction of sp³-hybridized carbons (Fsp3) is 0.375. The summed E-state index contributed by atoms with van der Waals surface area (Å²) in [5.41, 5.74) is 2.12. The monoisotopic (exact) mass is 337 g/mol. The summed E-state index contributed by atoms with van der Waals surface area (Å²) in [6.45, 7) is 5.61. The van der Waals surface area contributed by atoms with E-state index in [0.717, 1.165) is 34.2 Å². The summed E-state index contributed by atoms with van der Waals surface area (Å²) in [5.74, 6) is 0.254. The van der Waals surface area contributed by atoms with Crippen LogP contribution in [-0.4, -0.2) is 24.0 Å². The van der Waals surface area contributed by atoms with Gasteiger partial charge in [0.05, 0.1) is 22.5 Å². The zero-order chi connectivity index (χ0) is 14.8. The quantitative estimate of drug-likeness (QED) is 0.902. The number of aromatic nitrogens is 1. The Balaban J connectivity index is 0.00000176. The number of carbonyl (C=O) groups is 1. The summed E-state index contributed by atoms with van der Waals surface area (Å²) >= 11 is 1.66. The average Bonchev–Trinajstić information content (AvgIpc) is 2.80. The Morgan fingerprint density at radius 2 is 2.05 bits per heavy atom. The molecule has 0 spiro atoms. The smallest absolute Gasteiger partial charge is 0.226 e. The molecule has 22 heavy (non-hydrogen) atoms. The van der Waals surface area contributed by atoms with E-state index in [1.54, 1.807) is 11.3 Å². The van der Waals surface area contributed by atoms with Crippen molar-refractivity contribution in [3.05, 3.63) is 40.9 Å². The second-order valence-corrected chi connectivity index (χ2v) is 6.45. The number of nitrogens with one attached hydrogen (secondary N) is 2. The zero-order valence-corrected chi connectivity index (χ0v) is 14.3. The lowest BCUT2D eigenvalue weighted by atomic mass is 10.0. The van der Waals surface area contributed by atoms with Crippen molar-refractivity contribution >= 4 is 29.7 Å². The molecule has 1 aliphatic heterocycles. The number of benzene rings is 1. The first-order valence-electron chi connectivity index (χ1n) is 7.19. The molecule has 2 aromatic rings. The minimum atomic E-state index is 0. The van der Waals surface area contributed by atoms with Crippen LogP contribution in [0.4, 0.5) is 0 Å². The highest BCUT2D eigenvalue weighted by atomic mass is 35.5. The van der Waals surface area contributed by atoms with E-state index < -0.39 is 0 Å². The second-order valence-electron chi connectivity index (χ2n) is 5.42. The molecule has 2 N–H and O–H groups in total. The lowest BCUT2D eigenvalue weighted by Crippen LogP contribution is -2.51. The maximum Gasteiger partial charge on any atom is 0.226 e. The summed E-state index contributed by atoms with van der Waals surface area (Å²) in [4.78, 5) is 17.8. The van der Waals surface area contributed by atoms with Crippen LogP contribution in [0.3, 0.4) is 0 Å². The number of halogens is 1. The molecule has 0 aliphatic carbocycles. The number of amides is 1. The molecule has 1 aromatic heterocycles. The fourth-order valence-corrected chi connectivity index (χ4v) is 3.46. The molecule has 0 radical (unpaired) electrons. The molecule has 118 valence electrons. The third-order valence-electron chi connectivity index (χ3n) is 3.76. The Kier molecular flexibility index (Phi) is 5.56. The van der Waals surface area contributed by atoms with Crippen LogP contribution in [0.25, 0.3) is 10.6 Å². The van der Waals surface area contributed by atoms with Gasteiger partial charge in [0.25, 0.3) is 0 Å². The van der Waals surface area contributed by atoms with Crippen LogP contribution in [0.1, 0.15) is 23.5 Å². The van der Waals surface area contributed by atoms with Crippen LogP contribution in [0.2, 0.25) is 0 Å². The number of nitrogens with zero attached hydrogens (tertiary/aromatic N) is 1. The first kappa shape index (κ1) is 16.9. The SMILES string of the molecule is Cc1nc(-c2ccccc2)sc1C(C)NC(=O)C1CNC1.Cl. The lowest BCUT2D eigenvalue weighted by molar-refractivity contribution is -0.127. The van der Waals surface area contributed by atoms with E-state index in [9.17, 15) is 4.79 Å². The minimum absolute atomic E-state index is 0. The van der Waals surface area contributed by atoms with Gasteiger partial charge in [-0.3, -0.25) is 4.79 Å². The molecule has 1 atom stereocenters. The van der Waals surface area contributed by atoms with Crippen LogP contribution < -0.4 is 10.6 Å². The van der Waals surface area contributed by atoms with E-state index in [-0.39, 0.29) is 30.3 Å². The third kappa shape index (κ3) is 3.48. The summed E-state index contributed by atoms with van der Waals surface area (Å²) in [6, 6.07) is 10.2. The van der Waals surface area contributed by atoms with Crippen molar-refractivity contribution in [1.29, 1.82) is 0 Å². The molecule has 3 rings (SSSR count). The predicted octanol–water partition coefficient (Wildman–Crippen LogP) is 2.94. The number of hydrogen-bond acceptors (Lipinski definition) is 4. The maximum atomic E-state index is 12.0. The molecule has 2 heterocycles. The molecular weight excluding hydrogens is 318 g/mol. The predicted molar refractivity (Wildman–Crippen MR) is 92.5 cm³/mol. The summed E-state index contributed by atoms with van der Waals surface area (Å²) in [7, 11) is 0. The van der Waals surface area contributed by atoms with Crippen molar-refractivity contribution in [1.82, 2.24) is 15.6 Å². The summed E-state index contributed by atoms with van der Waals surface area (Å²) in [6.07, 6.45) is 0. The summed E-state index contributed by atoms with van der Waals surface area (Å²) < 4.78 is 0. The summed E-state index contributed by atoms with van der Waals surface area (Å²) in [5, 5.41) is 7.23. The Bertz CT molecular complexity index is 640. The van der Waals surface area contributed by atoms with Crippen molar-refractivity contribution in [2.24, 2.45) is 5.92 Å². The van der Waals surface area contributed by atoms with Gasteiger partial charge >= 0.3 is 0 Å². The molecule has 1 amide bonds. The molecule has 1 fully saturated rings. The molecule has 1 aliphatic rings. The zero-order valence-electron chi connectivity index (χ0n) is 12.6. The Labute approximate surface area is 140 Å². The van der Waals surface area contributed by atoms with E-state index in [0.29, 0.717) is 0 Å². The first-order valence-corrected chi connectivity index (χ1v) is 8.00. The molecule has 1 saturated heterocycles. The van der Waals surface area contributed by atoms with Crippen molar-refractivity contribution in [3.63, 3.8) is 0 Å². The van der Waals surface area contributed by atoms with E-state index >= 15 is 0 Å². The normalized spacial score (nSPS) is 15.5. The van der Waals surface area contributed by atoms with Gasteiger partial charge in [0.1, 0.15) is 5.01 Å². The molecule has 4 nitrogen and oxygen atoms in total. The Hall–Kier alpha value is -1.43. The number of rotatable bonds is 4. The highest BCUT2D eigenvalue weighted by Crippen LogP contribution is 2.31. The highest BCUT2D eigenvalue weighted by Gasteiger charge is 2.27. The number of hydrogen-bond donors (Lipinski definition) is 2. The highest BCUT2D eigenvalue weighted by molar-refractivity contribution is 7.15. The molecule has 6 heteroatoms. The van der Waals surface area contributed by atoms with Gasteiger partial charge in [-0.25, -0.2) is 4.98 Å². The number of thiazole rings is 1. The Morgan fingerprint density at radius 3 is 2.64 bits per heavy atom. The van der Waals surface area contributed by atoms with Crippen LogP contribution in [0.5, 0.6) is 0 Å². The molecule has 1 unspecified atom stereocenters. The molecule has 0 saturated carbocycles. The maximum absolute atomic E-state index is 12.0. The Morgan fingerprint density at radius 1 is 1.36 bits per heavy atom. The van der Waals surface area contributed by atoms with Gasteiger partial charge in [0.15, 0.2) is 0 Å². The van der Waals surface area contributed by atoms with Crippen LogP contribution in [-0.2, 0) is 4.79 Å². The largest absolute Gasteiger partial charge is 0.348 e. The van der Waals surface area contributed by atoms with Crippen molar-refractivity contribution in [3.8, 4) is 10.6 Å². The van der Waals surface area contributed by atoms with Crippen LogP contribution in [0.15, 0.2) is 30.3 Å². The molecular formula is C16H20ClN3OS. The number of carbonyl (C=O) groups excluding carboxylic acids is 1.